The van der Waals surface area contributed by atoms with Gasteiger partial charge in [-0.2, -0.15) is 0 Å². The van der Waals surface area contributed by atoms with Crippen LogP contribution in [0.1, 0.15) is 10.4 Å². The molecule has 0 aliphatic heterocycles. The molecule has 2 N–H and O–H groups in total. The molecule has 0 saturated heterocycles. The highest BCUT2D eigenvalue weighted by molar-refractivity contribution is 5.97. The number of ketones is 1. The van der Waals surface area contributed by atoms with Gasteiger partial charge in [0.2, 0.25) is 0 Å². The molecule has 0 bridgehead atoms. The summed E-state index contributed by atoms with van der Waals surface area (Å²) >= 11 is 0. The molecule has 0 amide bonds. The van der Waals surface area contributed by atoms with E-state index in [-0.39, 0.29) is 12.2 Å². The average Bonchev–Trinajstić information content (AvgIpc) is 2.05. The second-order valence-electron chi connectivity index (χ2n) is 2.21. The molecule has 1 aromatic rings. The Morgan fingerprint density at radius 3 is 2.75 bits per heavy atom. The van der Waals surface area contributed by atoms with Crippen LogP contribution in [-0.4, -0.2) is 12.4 Å². The summed E-state index contributed by atoms with van der Waals surface area (Å²) in [4.78, 5) is 15.1. The van der Waals surface area contributed by atoms with E-state index in [1.54, 1.807) is 6.07 Å². The number of Topliss-reactive ketones (excluding diaryl/α,β-unsaturated/α-hetero) is 1. The van der Waals surface area contributed by atoms with Crippen molar-refractivity contribution >= 4 is 5.78 Å². The average molecular weight is 169 g/mol. The third-order valence-corrected chi connectivity index (χ3v) is 1.39. The number of hydrogen-bond donors (Lipinski definition) is 1. The van der Waals surface area contributed by atoms with Gasteiger partial charge in [0, 0.05) is 0 Å². The van der Waals surface area contributed by atoms with Gasteiger partial charge >= 0.3 is 0 Å². The minimum absolute atomic E-state index is 0.00273. The fourth-order valence-corrected chi connectivity index (χ4v) is 0.841. The lowest BCUT2D eigenvalue weighted by atomic mass is 10.1. The van der Waals surface area contributed by atoms with E-state index in [9.17, 15) is 9.18 Å². The second-order valence-corrected chi connectivity index (χ2v) is 2.21. The lowest BCUT2D eigenvalue weighted by Gasteiger charge is -1.99. The molecule has 4 heteroatoms. The quantitative estimate of drug-likeness (QED) is 0.540. The van der Waals surface area contributed by atoms with Gasteiger partial charge in [-0.15, -0.1) is 0 Å². The van der Waals surface area contributed by atoms with E-state index < -0.39 is 11.6 Å². The Bertz CT molecular complexity index is 288. The second kappa shape index (κ2) is 3.94. The van der Waals surface area contributed by atoms with Crippen LogP contribution >= 0.6 is 0 Å². The van der Waals surface area contributed by atoms with Crippen molar-refractivity contribution in [2.75, 3.05) is 6.61 Å². The monoisotopic (exact) mass is 169 g/mol. The first-order chi connectivity index (χ1) is 5.75. The Morgan fingerprint density at radius 2 is 2.17 bits per heavy atom. The molecule has 3 nitrogen and oxygen atoms in total. The summed E-state index contributed by atoms with van der Waals surface area (Å²) in [6.07, 6.45) is 0. The predicted molar refractivity (Wildman–Crippen MR) is 40.9 cm³/mol. The van der Waals surface area contributed by atoms with Crippen LogP contribution in [0.3, 0.4) is 0 Å². The van der Waals surface area contributed by atoms with Gasteiger partial charge < -0.3 is 0 Å². The number of rotatable bonds is 3. The minimum atomic E-state index is -0.556. The van der Waals surface area contributed by atoms with E-state index in [1.807, 2.05) is 0 Å². The summed E-state index contributed by atoms with van der Waals surface area (Å²) in [5, 5.41) is 0. The van der Waals surface area contributed by atoms with Gasteiger partial charge in [0.05, 0.1) is 5.56 Å². The fourth-order valence-electron chi connectivity index (χ4n) is 0.841. The first kappa shape index (κ1) is 8.83. The molecule has 0 heterocycles. The Labute approximate surface area is 68.9 Å². The number of halogens is 1. The Balaban J connectivity index is 2.87. The van der Waals surface area contributed by atoms with Crippen molar-refractivity contribution < 1.29 is 14.0 Å². The van der Waals surface area contributed by atoms with E-state index in [1.165, 1.54) is 18.2 Å². The maximum absolute atomic E-state index is 12.8. The normalized spacial score (nSPS) is 9.83. The van der Waals surface area contributed by atoms with Gasteiger partial charge in [-0.05, 0) is 12.1 Å². The molecule has 0 radical (unpaired) electrons. The largest absolute Gasteiger partial charge is 0.296 e. The number of carbonyl (C=O) groups is 1. The zero-order valence-electron chi connectivity index (χ0n) is 6.29. The predicted octanol–water partition coefficient (Wildman–Crippen LogP) is 0.899. The van der Waals surface area contributed by atoms with E-state index in [2.05, 4.69) is 10.7 Å². The molecule has 0 spiro atoms. The smallest absolute Gasteiger partial charge is 0.193 e. The van der Waals surface area contributed by atoms with Crippen LogP contribution in [-0.2, 0) is 4.84 Å². The highest BCUT2D eigenvalue weighted by Crippen LogP contribution is 2.06. The van der Waals surface area contributed by atoms with Gasteiger partial charge in [-0.25, -0.2) is 10.3 Å². The minimum Gasteiger partial charge on any atom is -0.296 e. The molecule has 12 heavy (non-hydrogen) atoms. The van der Waals surface area contributed by atoms with Crippen molar-refractivity contribution in [1.29, 1.82) is 0 Å². The summed E-state index contributed by atoms with van der Waals surface area (Å²) in [7, 11) is 0. The molecule has 0 aliphatic carbocycles. The van der Waals surface area contributed by atoms with E-state index >= 15 is 0 Å². The number of benzene rings is 1. The Kier molecular flexibility index (Phi) is 2.90. The number of nitrogens with two attached hydrogens (primary N) is 1. The van der Waals surface area contributed by atoms with Gasteiger partial charge in [0.25, 0.3) is 0 Å². The van der Waals surface area contributed by atoms with Gasteiger partial charge in [-0.3, -0.25) is 9.63 Å². The zero-order valence-corrected chi connectivity index (χ0v) is 6.29. The highest BCUT2D eigenvalue weighted by Gasteiger charge is 2.09. The van der Waals surface area contributed by atoms with E-state index in [4.69, 9.17) is 0 Å². The van der Waals surface area contributed by atoms with Crippen molar-refractivity contribution in [3.63, 3.8) is 0 Å². The standard InChI is InChI=1S/C8H8FNO2/c9-7-4-2-1-3-6(7)8(11)5-12-10/h1-4H,5,10H2. The Hall–Kier alpha value is -1.26. The molecule has 0 atom stereocenters. The maximum Gasteiger partial charge on any atom is 0.193 e. The molecular weight excluding hydrogens is 161 g/mol. The van der Waals surface area contributed by atoms with Gasteiger partial charge in [0.1, 0.15) is 12.4 Å². The molecule has 0 aromatic heterocycles. The molecular formula is C8H8FNO2. The van der Waals surface area contributed by atoms with Gasteiger partial charge in [0.15, 0.2) is 5.78 Å². The first-order valence-corrected chi connectivity index (χ1v) is 3.35. The van der Waals surface area contributed by atoms with Crippen LogP contribution in [0.4, 0.5) is 4.39 Å². The van der Waals surface area contributed by atoms with Crippen LogP contribution in [0, 0.1) is 5.82 Å². The molecule has 1 aromatic carbocycles. The maximum atomic E-state index is 12.8. The van der Waals surface area contributed by atoms with Crippen LogP contribution < -0.4 is 5.90 Å². The highest BCUT2D eigenvalue weighted by atomic mass is 19.1. The van der Waals surface area contributed by atoms with Crippen LogP contribution in [0.25, 0.3) is 0 Å². The van der Waals surface area contributed by atoms with Crippen LogP contribution in [0.15, 0.2) is 24.3 Å². The first-order valence-electron chi connectivity index (χ1n) is 3.35. The zero-order chi connectivity index (χ0) is 8.97. The topological polar surface area (TPSA) is 52.3 Å². The summed E-state index contributed by atoms with van der Waals surface area (Å²) in [5.74, 6) is 3.66. The van der Waals surface area contributed by atoms with Crippen molar-refractivity contribution in [2.24, 2.45) is 5.90 Å². The van der Waals surface area contributed by atoms with Crippen LogP contribution in [0.5, 0.6) is 0 Å². The number of hydrogen-bond acceptors (Lipinski definition) is 3. The van der Waals surface area contributed by atoms with Crippen molar-refractivity contribution in [1.82, 2.24) is 0 Å². The summed E-state index contributed by atoms with van der Waals surface area (Å²) in [6, 6.07) is 5.68. The van der Waals surface area contributed by atoms with Crippen molar-refractivity contribution in [3.8, 4) is 0 Å². The Morgan fingerprint density at radius 1 is 1.50 bits per heavy atom. The lowest BCUT2D eigenvalue weighted by molar-refractivity contribution is 0.0759. The molecule has 64 valence electrons. The molecule has 0 aliphatic rings. The molecule has 0 unspecified atom stereocenters. The molecule has 1 rings (SSSR count). The van der Waals surface area contributed by atoms with E-state index in [0.29, 0.717) is 0 Å². The third kappa shape index (κ3) is 1.87. The lowest BCUT2D eigenvalue weighted by Crippen LogP contribution is -2.13. The van der Waals surface area contributed by atoms with Crippen LogP contribution in [0.2, 0.25) is 0 Å². The van der Waals surface area contributed by atoms with Crippen molar-refractivity contribution in [3.05, 3.63) is 35.6 Å². The molecule has 0 saturated carbocycles. The summed E-state index contributed by atoms with van der Waals surface area (Å²) in [5.41, 5.74) is 0.00273. The third-order valence-electron chi connectivity index (χ3n) is 1.39. The summed E-state index contributed by atoms with van der Waals surface area (Å²) < 4.78 is 12.8. The van der Waals surface area contributed by atoms with Crippen molar-refractivity contribution in [2.45, 2.75) is 0 Å². The summed E-state index contributed by atoms with van der Waals surface area (Å²) in [6.45, 7) is -0.305. The SMILES string of the molecule is NOCC(=O)c1ccccc1F. The van der Waals surface area contributed by atoms with Gasteiger partial charge in [-0.1, -0.05) is 12.1 Å². The molecule has 0 fully saturated rings. The fraction of sp³-hybridized carbons (Fsp3) is 0.125. The van der Waals surface area contributed by atoms with E-state index in [0.717, 1.165) is 0 Å². The number of carbonyl (C=O) groups excluding carboxylic acids is 1.